The first-order valence-electron chi connectivity index (χ1n) is 9.15. The molecule has 2 N–H and O–H groups in total. The number of halogens is 1. The molecule has 4 rings (SSSR count). The van der Waals surface area contributed by atoms with Crippen molar-refractivity contribution in [3.63, 3.8) is 0 Å². The quantitative estimate of drug-likeness (QED) is 0.693. The monoisotopic (exact) mass is 377 g/mol. The molecule has 0 saturated carbocycles. The van der Waals surface area contributed by atoms with Gasteiger partial charge in [-0.3, -0.25) is 0 Å². The normalized spacial score (nSPS) is 13.5. The third-order valence-electron chi connectivity index (χ3n) is 5.09. The van der Waals surface area contributed by atoms with Crippen LogP contribution < -0.4 is 5.32 Å². The zero-order valence-electron chi connectivity index (χ0n) is 15.1. The molecule has 3 aromatic carbocycles. The summed E-state index contributed by atoms with van der Waals surface area (Å²) in [6.45, 7) is -0.114. The van der Waals surface area contributed by atoms with Crippen LogP contribution >= 0.6 is 0 Å². The lowest BCUT2D eigenvalue weighted by molar-refractivity contribution is 0.132. The van der Waals surface area contributed by atoms with Gasteiger partial charge in [0.2, 0.25) is 0 Å². The summed E-state index contributed by atoms with van der Waals surface area (Å²) in [6, 6.07) is 21.2. The molecule has 5 heteroatoms. The zero-order valence-corrected chi connectivity index (χ0v) is 15.1. The van der Waals surface area contributed by atoms with E-state index in [0.717, 1.165) is 22.3 Å². The maximum atomic E-state index is 13.1. The van der Waals surface area contributed by atoms with Gasteiger partial charge >= 0.3 is 6.09 Å². The van der Waals surface area contributed by atoms with E-state index in [-0.39, 0.29) is 24.9 Å². The number of aliphatic hydroxyl groups excluding tert-OH is 1. The fourth-order valence-corrected chi connectivity index (χ4v) is 3.71. The number of alkyl carbamates (subject to hydrolysis) is 1. The largest absolute Gasteiger partial charge is 0.449 e. The van der Waals surface area contributed by atoms with E-state index in [9.17, 15) is 14.3 Å². The van der Waals surface area contributed by atoms with Gasteiger partial charge in [0.05, 0.1) is 12.6 Å². The van der Waals surface area contributed by atoms with E-state index in [1.165, 1.54) is 24.3 Å². The van der Waals surface area contributed by atoms with E-state index in [2.05, 4.69) is 29.6 Å². The maximum Gasteiger partial charge on any atom is 0.407 e. The van der Waals surface area contributed by atoms with Crippen molar-refractivity contribution in [1.82, 2.24) is 5.32 Å². The Hall–Kier alpha value is -3.18. The van der Waals surface area contributed by atoms with Gasteiger partial charge in [-0.1, -0.05) is 60.7 Å². The highest BCUT2D eigenvalue weighted by molar-refractivity contribution is 5.79. The van der Waals surface area contributed by atoms with Crippen molar-refractivity contribution in [2.24, 2.45) is 0 Å². The van der Waals surface area contributed by atoms with E-state index in [1.807, 2.05) is 24.3 Å². The lowest BCUT2D eigenvalue weighted by Crippen LogP contribution is -2.32. The Bertz CT molecular complexity index is 942. The first-order chi connectivity index (χ1) is 13.7. The summed E-state index contributed by atoms with van der Waals surface area (Å²) < 4.78 is 18.6. The van der Waals surface area contributed by atoms with Gasteiger partial charge in [-0.25, -0.2) is 9.18 Å². The summed E-state index contributed by atoms with van der Waals surface area (Å²) in [7, 11) is 0. The minimum Gasteiger partial charge on any atom is -0.449 e. The third-order valence-corrected chi connectivity index (χ3v) is 5.09. The molecule has 0 saturated heterocycles. The molecule has 0 fully saturated rings. The molecule has 0 spiro atoms. The fourth-order valence-electron chi connectivity index (χ4n) is 3.71. The predicted molar refractivity (Wildman–Crippen MR) is 104 cm³/mol. The molecule has 4 nitrogen and oxygen atoms in total. The van der Waals surface area contributed by atoms with Crippen molar-refractivity contribution in [3.8, 4) is 11.1 Å². The minimum atomic E-state index is -0.656. The molecule has 3 aromatic rings. The summed E-state index contributed by atoms with van der Waals surface area (Å²) in [5, 5.41) is 12.2. The van der Waals surface area contributed by atoms with Crippen molar-refractivity contribution >= 4 is 6.09 Å². The summed E-state index contributed by atoms with van der Waals surface area (Å²) >= 11 is 0. The lowest BCUT2D eigenvalue weighted by Gasteiger charge is -2.19. The zero-order chi connectivity index (χ0) is 19.5. The molecular formula is C23H20FNO3. The molecule has 0 radical (unpaired) electrons. The number of amides is 1. The Morgan fingerprint density at radius 2 is 1.54 bits per heavy atom. The van der Waals surface area contributed by atoms with Gasteiger partial charge < -0.3 is 15.2 Å². The number of ether oxygens (including phenoxy) is 1. The van der Waals surface area contributed by atoms with Crippen LogP contribution in [0.5, 0.6) is 0 Å². The molecule has 0 bridgehead atoms. The molecule has 0 heterocycles. The number of nitrogens with one attached hydrogen (secondary N) is 1. The van der Waals surface area contributed by atoms with Crippen LogP contribution in [-0.4, -0.2) is 24.4 Å². The Kier molecular flexibility index (Phi) is 5.08. The third kappa shape index (κ3) is 3.49. The van der Waals surface area contributed by atoms with Gasteiger partial charge in [-0.15, -0.1) is 0 Å². The second-order valence-corrected chi connectivity index (χ2v) is 6.76. The van der Waals surface area contributed by atoms with Gasteiger partial charge in [0.25, 0.3) is 0 Å². The molecule has 1 aliphatic carbocycles. The molecule has 0 unspecified atom stereocenters. The molecule has 1 atom stereocenters. The second-order valence-electron chi connectivity index (χ2n) is 6.76. The van der Waals surface area contributed by atoms with Crippen LogP contribution in [0, 0.1) is 5.82 Å². The lowest BCUT2D eigenvalue weighted by atomic mass is 9.98. The highest BCUT2D eigenvalue weighted by Gasteiger charge is 2.29. The smallest absolute Gasteiger partial charge is 0.407 e. The average Bonchev–Trinajstić information content (AvgIpc) is 3.05. The Morgan fingerprint density at radius 1 is 0.964 bits per heavy atom. The van der Waals surface area contributed by atoms with Gasteiger partial charge in [0.1, 0.15) is 12.4 Å². The first-order valence-corrected chi connectivity index (χ1v) is 9.15. The number of hydrogen-bond acceptors (Lipinski definition) is 3. The predicted octanol–water partition coefficient (Wildman–Crippen LogP) is 4.40. The number of aliphatic hydroxyl groups is 1. The van der Waals surface area contributed by atoms with Crippen molar-refractivity contribution in [3.05, 3.63) is 95.3 Å². The molecule has 1 aliphatic rings. The summed E-state index contributed by atoms with van der Waals surface area (Å²) in [6.07, 6.45) is -0.620. The summed E-state index contributed by atoms with van der Waals surface area (Å²) in [5.74, 6) is -0.405. The van der Waals surface area contributed by atoms with E-state index in [4.69, 9.17) is 4.74 Å². The summed E-state index contributed by atoms with van der Waals surface area (Å²) in [4.78, 5) is 12.3. The standard InChI is InChI=1S/C23H20FNO3/c24-16-11-9-15(10-12-16)22(13-26)25-23(27)28-14-21-19-7-3-1-5-17(19)18-6-2-4-8-20(18)21/h1-12,21-22,26H,13-14H2,(H,25,27)/t22-/m0/s1. The Balaban J connectivity index is 1.45. The van der Waals surface area contributed by atoms with E-state index in [0.29, 0.717) is 5.56 Å². The van der Waals surface area contributed by atoms with Crippen LogP contribution in [-0.2, 0) is 4.74 Å². The van der Waals surface area contributed by atoms with Crippen LogP contribution in [0.1, 0.15) is 28.7 Å². The van der Waals surface area contributed by atoms with E-state index >= 15 is 0 Å². The highest BCUT2D eigenvalue weighted by atomic mass is 19.1. The Morgan fingerprint density at radius 3 is 2.11 bits per heavy atom. The molecule has 1 amide bonds. The number of rotatable bonds is 5. The Labute approximate surface area is 162 Å². The number of hydrogen-bond donors (Lipinski definition) is 2. The van der Waals surface area contributed by atoms with Crippen molar-refractivity contribution in [1.29, 1.82) is 0 Å². The highest BCUT2D eigenvalue weighted by Crippen LogP contribution is 2.44. The van der Waals surface area contributed by atoms with E-state index < -0.39 is 12.1 Å². The maximum absolute atomic E-state index is 13.1. The molecule has 0 aliphatic heterocycles. The first kappa shape index (κ1) is 18.2. The fraction of sp³-hybridized carbons (Fsp3) is 0.174. The van der Waals surface area contributed by atoms with Gasteiger partial charge in [0.15, 0.2) is 0 Å². The van der Waals surface area contributed by atoms with Gasteiger partial charge in [0, 0.05) is 5.92 Å². The summed E-state index contributed by atoms with van der Waals surface area (Å²) in [5.41, 5.74) is 5.19. The average molecular weight is 377 g/mol. The van der Waals surface area contributed by atoms with Crippen molar-refractivity contribution in [2.75, 3.05) is 13.2 Å². The SMILES string of the molecule is O=C(N[C@@H](CO)c1ccc(F)cc1)OCC1c2ccccc2-c2ccccc21. The van der Waals surface area contributed by atoms with Crippen LogP contribution in [0.3, 0.4) is 0 Å². The number of carbonyl (C=O) groups excluding carboxylic acids is 1. The molecule has 142 valence electrons. The molecule has 0 aromatic heterocycles. The molecule has 28 heavy (non-hydrogen) atoms. The van der Waals surface area contributed by atoms with Crippen LogP contribution in [0.2, 0.25) is 0 Å². The van der Waals surface area contributed by atoms with Gasteiger partial charge in [-0.2, -0.15) is 0 Å². The second kappa shape index (κ2) is 7.82. The number of carbonyl (C=O) groups is 1. The number of fused-ring (bicyclic) bond motifs is 3. The van der Waals surface area contributed by atoms with Gasteiger partial charge in [-0.05, 0) is 39.9 Å². The van der Waals surface area contributed by atoms with Crippen LogP contribution in [0.15, 0.2) is 72.8 Å². The van der Waals surface area contributed by atoms with E-state index in [1.54, 1.807) is 0 Å². The van der Waals surface area contributed by atoms with Crippen LogP contribution in [0.25, 0.3) is 11.1 Å². The number of benzene rings is 3. The van der Waals surface area contributed by atoms with Crippen molar-refractivity contribution in [2.45, 2.75) is 12.0 Å². The molecular weight excluding hydrogens is 357 g/mol. The van der Waals surface area contributed by atoms with Crippen LogP contribution in [0.4, 0.5) is 9.18 Å². The topological polar surface area (TPSA) is 58.6 Å². The van der Waals surface area contributed by atoms with Crippen molar-refractivity contribution < 1.29 is 19.0 Å². The minimum absolute atomic E-state index is 0.0310.